The highest BCUT2D eigenvalue weighted by molar-refractivity contribution is 7.80. The third kappa shape index (κ3) is 4.80. The maximum atomic E-state index is 5.44. The van der Waals surface area contributed by atoms with Crippen LogP contribution in [0.5, 0.6) is 0 Å². The molecule has 0 unspecified atom stereocenters. The van der Waals surface area contributed by atoms with Crippen LogP contribution in [-0.4, -0.2) is 52.8 Å². The molecule has 2 aromatic heterocycles. The Bertz CT molecular complexity index is 761. The van der Waals surface area contributed by atoms with Crippen LogP contribution >= 0.6 is 45.1 Å². The average molecular weight is 388 g/mol. The van der Waals surface area contributed by atoms with Crippen molar-refractivity contribution in [3.8, 4) is 0 Å². The Morgan fingerprint density at radius 2 is 1.61 bits per heavy atom. The monoisotopic (exact) mass is 387 g/mol. The van der Waals surface area contributed by atoms with Crippen molar-refractivity contribution >= 4 is 55.3 Å². The Hall–Kier alpha value is -1.36. The Morgan fingerprint density at radius 1 is 1.09 bits per heavy atom. The maximum Gasteiger partial charge on any atom is 0.204 e. The molecule has 0 aromatic carbocycles. The lowest BCUT2D eigenvalue weighted by Gasteiger charge is -2.09. The lowest BCUT2D eigenvalue weighted by atomic mass is 10.4. The molecular formula is C13H17N5OS4. The SMILES string of the molecule is CN(C)C(=S)/N=c1\ss/c(=N/C(=S)N(C)C)n1Cc1ccco1. The molecule has 2 heterocycles. The maximum absolute atomic E-state index is 5.44. The van der Waals surface area contributed by atoms with Gasteiger partial charge in [-0.15, -0.1) is 0 Å². The summed E-state index contributed by atoms with van der Waals surface area (Å²) in [5.41, 5.74) is 0. The van der Waals surface area contributed by atoms with E-state index in [1.165, 1.54) is 20.7 Å². The number of aromatic nitrogens is 1. The van der Waals surface area contributed by atoms with E-state index in [0.29, 0.717) is 16.8 Å². The van der Waals surface area contributed by atoms with Gasteiger partial charge in [0, 0.05) is 28.2 Å². The first-order valence-corrected chi connectivity index (χ1v) is 9.59. The molecule has 0 atom stereocenters. The summed E-state index contributed by atoms with van der Waals surface area (Å²) in [6, 6.07) is 3.77. The normalized spacial score (nSPS) is 12.5. The van der Waals surface area contributed by atoms with E-state index in [1.54, 1.807) is 16.1 Å². The zero-order valence-corrected chi connectivity index (χ0v) is 16.5. The van der Waals surface area contributed by atoms with E-state index < -0.39 is 0 Å². The predicted octanol–water partition coefficient (Wildman–Crippen LogP) is 1.75. The van der Waals surface area contributed by atoms with Crippen molar-refractivity contribution < 1.29 is 4.42 Å². The minimum absolute atomic E-state index is 0.508. The van der Waals surface area contributed by atoms with Crippen LogP contribution in [0.3, 0.4) is 0 Å². The number of rotatable bonds is 2. The molecule has 0 aliphatic heterocycles. The van der Waals surface area contributed by atoms with Gasteiger partial charge in [-0.1, -0.05) is 0 Å². The van der Waals surface area contributed by atoms with E-state index in [1.807, 2.05) is 44.9 Å². The van der Waals surface area contributed by atoms with Gasteiger partial charge in [0.1, 0.15) is 5.76 Å². The molecule has 2 rings (SSSR count). The van der Waals surface area contributed by atoms with Gasteiger partial charge in [0.05, 0.1) is 12.8 Å². The summed E-state index contributed by atoms with van der Waals surface area (Å²) in [7, 11) is 10.5. The van der Waals surface area contributed by atoms with Crippen LogP contribution in [0.4, 0.5) is 0 Å². The summed E-state index contributed by atoms with van der Waals surface area (Å²) in [5, 5.41) is 1.02. The lowest BCUT2D eigenvalue weighted by molar-refractivity contribution is 0.487. The highest BCUT2D eigenvalue weighted by atomic mass is 32.9. The number of nitrogens with zero attached hydrogens (tertiary/aromatic N) is 5. The Kier molecular flexibility index (Phi) is 6.22. The van der Waals surface area contributed by atoms with Crippen LogP contribution in [-0.2, 0) is 6.54 Å². The number of hydrogen-bond donors (Lipinski definition) is 0. The van der Waals surface area contributed by atoms with Crippen LogP contribution < -0.4 is 9.60 Å². The molecule has 0 aliphatic carbocycles. The predicted molar refractivity (Wildman–Crippen MR) is 102 cm³/mol. The first-order chi connectivity index (χ1) is 10.9. The summed E-state index contributed by atoms with van der Waals surface area (Å²) >= 11 is 10.6. The molecule has 2 aromatic rings. The van der Waals surface area contributed by atoms with Gasteiger partial charge in [0.2, 0.25) is 9.60 Å². The second-order valence-corrected chi connectivity index (χ2v) is 7.77. The Labute approximate surface area is 152 Å². The fourth-order valence-electron chi connectivity index (χ4n) is 1.46. The Balaban J connectivity index is 2.54. The number of hydrogen-bond acceptors (Lipinski definition) is 5. The van der Waals surface area contributed by atoms with Gasteiger partial charge in [-0.2, -0.15) is 9.98 Å². The zero-order chi connectivity index (χ0) is 17.0. The van der Waals surface area contributed by atoms with E-state index in [0.717, 1.165) is 15.4 Å². The summed E-state index contributed by atoms with van der Waals surface area (Å²) < 4.78 is 7.40. The van der Waals surface area contributed by atoms with Crippen LogP contribution in [0.25, 0.3) is 0 Å². The molecule has 0 N–H and O–H groups in total. The van der Waals surface area contributed by atoms with Gasteiger partial charge < -0.3 is 14.2 Å². The highest BCUT2D eigenvalue weighted by Crippen LogP contribution is 2.03. The summed E-state index contributed by atoms with van der Waals surface area (Å²) in [4.78, 5) is 14.1. The summed E-state index contributed by atoms with van der Waals surface area (Å²) in [6.45, 7) is 0.525. The molecule has 0 saturated heterocycles. The third-order valence-corrected chi connectivity index (χ3v) is 5.76. The van der Waals surface area contributed by atoms with Crippen molar-refractivity contribution in [1.29, 1.82) is 0 Å². The molecule has 0 amide bonds. The molecule has 10 heteroatoms. The van der Waals surface area contributed by atoms with Gasteiger partial charge in [-0.25, -0.2) is 0 Å². The van der Waals surface area contributed by atoms with Crippen molar-refractivity contribution in [3.05, 3.63) is 33.8 Å². The molecule has 0 radical (unpaired) electrons. The van der Waals surface area contributed by atoms with Crippen LogP contribution in [0.1, 0.15) is 5.76 Å². The van der Waals surface area contributed by atoms with E-state index in [-0.39, 0.29) is 0 Å². The van der Waals surface area contributed by atoms with Crippen molar-refractivity contribution in [1.82, 2.24) is 14.4 Å². The summed E-state index contributed by atoms with van der Waals surface area (Å²) in [5.74, 6) is 0.819. The number of furan rings is 1. The van der Waals surface area contributed by atoms with Crippen molar-refractivity contribution in [2.24, 2.45) is 9.98 Å². The van der Waals surface area contributed by atoms with Gasteiger partial charge in [0.15, 0.2) is 10.2 Å². The fourth-order valence-corrected chi connectivity index (χ4v) is 3.90. The molecule has 0 bridgehead atoms. The van der Waals surface area contributed by atoms with Gasteiger partial charge in [-0.3, -0.25) is 4.57 Å². The lowest BCUT2D eigenvalue weighted by Crippen LogP contribution is -2.31. The van der Waals surface area contributed by atoms with Crippen molar-refractivity contribution in [2.75, 3.05) is 28.2 Å². The molecule has 0 aliphatic rings. The minimum Gasteiger partial charge on any atom is -0.467 e. The standard InChI is InChI=1S/C13H17N5OS4/c1-16(2)10(20)14-12-18(8-9-6-5-7-19-9)13(23-22-12)15-11(21)17(3)4/h5-7H,8H2,1-4H3/b14-12-,15-13+. The number of thiocarbonyl (C=S) groups is 2. The van der Waals surface area contributed by atoms with Gasteiger partial charge >= 0.3 is 0 Å². The second-order valence-electron chi connectivity index (χ2n) is 4.97. The van der Waals surface area contributed by atoms with Crippen LogP contribution in [0, 0.1) is 0 Å². The molecule has 124 valence electrons. The minimum atomic E-state index is 0.508. The highest BCUT2D eigenvalue weighted by Gasteiger charge is 2.08. The third-order valence-electron chi connectivity index (χ3n) is 2.69. The average Bonchev–Trinajstić information content (AvgIpc) is 3.11. The second kappa shape index (κ2) is 7.95. The largest absolute Gasteiger partial charge is 0.467 e. The van der Waals surface area contributed by atoms with Crippen molar-refractivity contribution in [2.45, 2.75) is 6.54 Å². The fraction of sp³-hybridized carbons (Fsp3) is 0.385. The van der Waals surface area contributed by atoms with E-state index in [2.05, 4.69) is 9.98 Å². The molecule has 0 saturated carbocycles. The van der Waals surface area contributed by atoms with E-state index >= 15 is 0 Å². The quantitative estimate of drug-likeness (QED) is 0.580. The molecule has 0 fully saturated rings. The van der Waals surface area contributed by atoms with E-state index in [9.17, 15) is 0 Å². The smallest absolute Gasteiger partial charge is 0.204 e. The Morgan fingerprint density at radius 3 is 2.00 bits per heavy atom. The first kappa shape index (κ1) is 18.0. The van der Waals surface area contributed by atoms with E-state index in [4.69, 9.17) is 28.9 Å². The van der Waals surface area contributed by atoms with Gasteiger partial charge in [0.25, 0.3) is 0 Å². The van der Waals surface area contributed by atoms with Crippen molar-refractivity contribution in [3.63, 3.8) is 0 Å². The molecule has 0 spiro atoms. The molecular weight excluding hydrogens is 370 g/mol. The van der Waals surface area contributed by atoms with Gasteiger partial charge in [-0.05, 0) is 57.2 Å². The summed E-state index contributed by atoms with van der Waals surface area (Å²) in [6.07, 6.45) is 1.65. The molecule has 23 heavy (non-hydrogen) atoms. The van der Waals surface area contributed by atoms with Crippen LogP contribution in [0.2, 0.25) is 0 Å². The zero-order valence-electron chi connectivity index (χ0n) is 13.2. The first-order valence-electron chi connectivity index (χ1n) is 6.63. The topological polar surface area (TPSA) is 49.3 Å². The molecule has 6 nitrogen and oxygen atoms in total. The van der Waals surface area contributed by atoms with Crippen LogP contribution in [0.15, 0.2) is 32.8 Å².